The van der Waals surface area contributed by atoms with E-state index < -0.39 is 6.04 Å². The second kappa shape index (κ2) is 5.21. The molecule has 2 fully saturated rings. The number of alkyl halides is 1. The zero-order valence-corrected chi connectivity index (χ0v) is 13.5. The van der Waals surface area contributed by atoms with Gasteiger partial charge in [-0.3, -0.25) is 13.9 Å². The van der Waals surface area contributed by atoms with Crippen LogP contribution in [0.4, 0.5) is 0 Å². The minimum absolute atomic E-state index is 0.0347. The number of carbonyl (C=O) groups excluding carboxylic acids is 2. The Kier molecular flexibility index (Phi) is 3.66. The van der Waals surface area contributed by atoms with Gasteiger partial charge in [0.1, 0.15) is 11.5 Å². The summed E-state index contributed by atoms with van der Waals surface area (Å²) >= 11 is 7.61. The number of hydrogen-bond donors (Lipinski definition) is 0. The molecule has 0 radical (unpaired) electrons. The highest BCUT2D eigenvalue weighted by Crippen LogP contribution is 2.46. The van der Waals surface area contributed by atoms with Crippen LogP contribution in [0.2, 0.25) is 0 Å². The molecule has 0 aromatic heterocycles. The number of carbonyl (C=O) groups is 2. The van der Waals surface area contributed by atoms with Gasteiger partial charge in [0.05, 0.1) is 17.7 Å². The van der Waals surface area contributed by atoms with E-state index in [-0.39, 0.29) is 22.1 Å². The topological polar surface area (TPSA) is 40.6 Å². The van der Waals surface area contributed by atoms with E-state index in [4.69, 9.17) is 11.6 Å². The van der Waals surface area contributed by atoms with Crippen molar-refractivity contribution < 1.29 is 9.59 Å². The van der Waals surface area contributed by atoms with Crippen LogP contribution in [0.25, 0.3) is 0 Å². The summed E-state index contributed by atoms with van der Waals surface area (Å²) in [4.78, 5) is 26.0. The summed E-state index contributed by atoms with van der Waals surface area (Å²) in [5.74, 6) is -0.0730. The molecule has 2 amide bonds. The molecule has 0 saturated carbocycles. The van der Waals surface area contributed by atoms with Crippen LogP contribution < -0.4 is 0 Å². The average Bonchev–Trinajstić information content (AvgIpc) is 2.63. The number of nitrogens with zero attached hydrogens (tertiary/aromatic N) is 2. The van der Waals surface area contributed by atoms with Crippen LogP contribution in [0, 0.1) is 0 Å². The van der Waals surface area contributed by atoms with Crippen molar-refractivity contribution in [2.45, 2.75) is 43.1 Å². The number of benzene rings is 1. The van der Waals surface area contributed by atoms with Crippen LogP contribution in [0.1, 0.15) is 25.8 Å². The van der Waals surface area contributed by atoms with E-state index in [1.165, 1.54) is 16.8 Å². The first kappa shape index (κ1) is 14.7. The third kappa shape index (κ3) is 2.53. The molecule has 2 saturated heterocycles. The normalized spacial score (nSPS) is 28.0. The van der Waals surface area contributed by atoms with Gasteiger partial charge in [0.15, 0.2) is 0 Å². The molecule has 21 heavy (non-hydrogen) atoms. The standard InChI is InChI=1S/C15H17ClN2O2S/c1-15(2)13(18-11(16)8-12(18)19)14(20)17(21-15)9-10-6-4-3-5-7-10/h3-7,11,13H,8-9H2,1-2H3/t11-,13+/m1/s1. The third-order valence-electron chi connectivity index (χ3n) is 3.86. The summed E-state index contributed by atoms with van der Waals surface area (Å²) in [6.45, 7) is 4.51. The predicted octanol–water partition coefficient (Wildman–Crippen LogP) is 2.62. The summed E-state index contributed by atoms with van der Waals surface area (Å²) in [7, 11) is 0. The van der Waals surface area contributed by atoms with Gasteiger partial charge in [-0.15, -0.1) is 0 Å². The summed E-state index contributed by atoms with van der Waals surface area (Å²) in [5, 5.41) is 0. The summed E-state index contributed by atoms with van der Waals surface area (Å²) in [6.07, 6.45) is 0.324. The van der Waals surface area contributed by atoms with E-state index in [1.807, 2.05) is 44.2 Å². The van der Waals surface area contributed by atoms with Gasteiger partial charge in [-0.2, -0.15) is 0 Å². The number of halogens is 1. The lowest BCUT2D eigenvalue weighted by Gasteiger charge is -2.43. The van der Waals surface area contributed by atoms with Gasteiger partial charge < -0.3 is 4.90 Å². The number of likely N-dealkylation sites (tertiary alicyclic amines) is 1. The van der Waals surface area contributed by atoms with Crippen LogP contribution in [0.3, 0.4) is 0 Å². The van der Waals surface area contributed by atoms with Crippen LogP contribution in [0.15, 0.2) is 30.3 Å². The second-order valence-corrected chi connectivity index (χ2v) is 8.08. The molecular weight excluding hydrogens is 308 g/mol. The summed E-state index contributed by atoms with van der Waals surface area (Å²) in [5.41, 5.74) is 0.718. The van der Waals surface area contributed by atoms with Crippen molar-refractivity contribution in [2.24, 2.45) is 0 Å². The van der Waals surface area contributed by atoms with Gasteiger partial charge in [-0.1, -0.05) is 41.9 Å². The van der Waals surface area contributed by atoms with Crippen molar-refractivity contribution >= 4 is 35.4 Å². The minimum Gasteiger partial charge on any atom is -0.312 e. The van der Waals surface area contributed by atoms with Gasteiger partial charge in [0, 0.05) is 0 Å². The van der Waals surface area contributed by atoms with Gasteiger partial charge in [-0.05, 0) is 31.4 Å². The highest BCUT2D eigenvalue weighted by Gasteiger charge is 2.56. The Morgan fingerprint density at radius 2 is 1.95 bits per heavy atom. The monoisotopic (exact) mass is 324 g/mol. The van der Waals surface area contributed by atoms with Crippen molar-refractivity contribution in [3.8, 4) is 0 Å². The summed E-state index contributed by atoms with van der Waals surface area (Å²) < 4.78 is 1.38. The molecule has 112 valence electrons. The average molecular weight is 325 g/mol. The molecule has 2 heterocycles. The van der Waals surface area contributed by atoms with E-state index in [1.54, 1.807) is 4.31 Å². The molecule has 0 unspecified atom stereocenters. The molecule has 3 rings (SSSR count). The lowest BCUT2D eigenvalue weighted by Crippen LogP contribution is -2.61. The molecular formula is C15H17ClN2O2S. The molecule has 2 aliphatic heterocycles. The minimum atomic E-state index is -0.477. The molecule has 6 heteroatoms. The Hall–Kier alpha value is -1.20. The Labute approximate surface area is 133 Å². The highest BCUT2D eigenvalue weighted by molar-refractivity contribution is 7.99. The molecule has 1 aromatic rings. The number of hydrogen-bond acceptors (Lipinski definition) is 3. The predicted molar refractivity (Wildman–Crippen MR) is 83.6 cm³/mol. The molecule has 0 spiro atoms. The first-order chi connectivity index (χ1) is 9.90. The Morgan fingerprint density at radius 1 is 1.29 bits per heavy atom. The third-order valence-corrected chi connectivity index (χ3v) is 5.45. The zero-order chi connectivity index (χ0) is 15.2. The fourth-order valence-corrected chi connectivity index (χ4v) is 4.46. The molecule has 2 atom stereocenters. The SMILES string of the molecule is CC1(C)SN(Cc2ccccc2)C(=O)[C@@H]1N1C(=O)C[C@@H]1Cl. The molecule has 1 aromatic carbocycles. The fraction of sp³-hybridized carbons (Fsp3) is 0.467. The van der Waals surface area contributed by atoms with Crippen molar-refractivity contribution in [1.82, 2.24) is 9.21 Å². The van der Waals surface area contributed by atoms with Gasteiger partial charge in [-0.25, -0.2) is 0 Å². The van der Waals surface area contributed by atoms with E-state index >= 15 is 0 Å². The van der Waals surface area contributed by atoms with Crippen molar-refractivity contribution in [3.63, 3.8) is 0 Å². The van der Waals surface area contributed by atoms with E-state index in [2.05, 4.69) is 0 Å². The first-order valence-electron chi connectivity index (χ1n) is 6.90. The Morgan fingerprint density at radius 3 is 2.52 bits per heavy atom. The van der Waals surface area contributed by atoms with E-state index in [0.717, 1.165) is 5.56 Å². The lowest BCUT2D eigenvalue weighted by molar-refractivity contribution is -0.152. The smallest absolute Gasteiger partial charge is 0.257 e. The molecule has 0 N–H and O–H groups in total. The van der Waals surface area contributed by atoms with Crippen molar-refractivity contribution in [3.05, 3.63) is 35.9 Å². The van der Waals surface area contributed by atoms with Crippen molar-refractivity contribution in [2.75, 3.05) is 0 Å². The zero-order valence-electron chi connectivity index (χ0n) is 12.0. The maximum absolute atomic E-state index is 12.7. The quantitative estimate of drug-likeness (QED) is 0.371. The lowest BCUT2D eigenvalue weighted by atomic mass is 9.96. The van der Waals surface area contributed by atoms with Crippen LogP contribution in [-0.2, 0) is 16.1 Å². The van der Waals surface area contributed by atoms with Gasteiger partial charge >= 0.3 is 0 Å². The van der Waals surface area contributed by atoms with E-state index in [0.29, 0.717) is 13.0 Å². The van der Waals surface area contributed by atoms with Gasteiger partial charge in [0.25, 0.3) is 5.91 Å². The van der Waals surface area contributed by atoms with E-state index in [9.17, 15) is 9.59 Å². The number of rotatable bonds is 3. The Balaban J connectivity index is 1.80. The van der Waals surface area contributed by atoms with Crippen LogP contribution in [-0.4, -0.2) is 37.3 Å². The largest absolute Gasteiger partial charge is 0.312 e. The molecule has 4 nitrogen and oxygen atoms in total. The van der Waals surface area contributed by atoms with Crippen LogP contribution in [0.5, 0.6) is 0 Å². The molecule has 2 aliphatic rings. The van der Waals surface area contributed by atoms with Crippen molar-refractivity contribution in [1.29, 1.82) is 0 Å². The summed E-state index contributed by atoms with van der Waals surface area (Å²) in [6, 6.07) is 9.37. The maximum atomic E-state index is 12.7. The maximum Gasteiger partial charge on any atom is 0.257 e. The highest BCUT2D eigenvalue weighted by atomic mass is 35.5. The fourth-order valence-electron chi connectivity index (χ4n) is 2.82. The van der Waals surface area contributed by atoms with Gasteiger partial charge in [0.2, 0.25) is 5.91 Å². The number of amides is 2. The molecule has 0 bridgehead atoms. The van der Waals surface area contributed by atoms with Crippen LogP contribution >= 0.6 is 23.5 Å². The first-order valence-corrected chi connectivity index (χ1v) is 8.11. The number of β-lactam (4-membered cyclic amide) rings is 1. The Bertz CT molecular complexity index is 578. The second-order valence-electron chi connectivity index (χ2n) is 5.90. The molecule has 0 aliphatic carbocycles.